The molecule has 7 heteroatoms. The summed E-state index contributed by atoms with van der Waals surface area (Å²) < 4.78 is 0. The van der Waals surface area contributed by atoms with E-state index in [1.165, 1.54) is 24.3 Å². The van der Waals surface area contributed by atoms with E-state index in [2.05, 4.69) is 16.3 Å². The summed E-state index contributed by atoms with van der Waals surface area (Å²) in [7, 11) is 0. The number of nitrogens with two attached hydrogens (primary N) is 1. The number of hydrogen-bond donors (Lipinski definition) is 4. The van der Waals surface area contributed by atoms with Gasteiger partial charge in [0.05, 0.1) is 11.6 Å². The van der Waals surface area contributed by atoms with Crippen LogP contribution in [0.15, 0.2) is 0 Å². The van der Waals surface area contributed by atoms with Crippen molar-refractivity contribution >= 4 is 6.03 Å². The summed E-state index contributed by atoms with van der Waals surface area (Å²) >= 11 is 0. The van der Waals surface area contributed by atoms with Crippen LogP contribution in [0.25, 0.3) is 0 Å². The zero-order valence-corrected chi connectivity index (χ0v) is 12.6. The fourth-order valence-corrected chi connectivity index (χ4v) is 2.98. The minimum absolute atomic E-state index is 0.0949. The highest BCUT2D eigenvalue weighted by atomic mass is 16.7. The quantitative estimate of drug-likeness (QED) is 0.349. The highest BCUT2D eigenvalue weighted by molar-refractivity contribution is 5.73. The third kappa shape index (κ3) is 4.05. The summed E-state index contributed by atoms with van der Waals surface area (Å²) in [5.41, 5.74) is 4.59. The number of rotatable bonds is 3. The van der Waals surface area contributed by atoms with Gasteiger partial charge in [0.25, 0.3) is 0 Å². The predicted octanol–water partition coefficient (Wildman–Crippen LogP) is 0.780. The monoisotopic (exact) mass is 285 g/mol. The number of fused-ring (bicyclic) bond motifs is 2. The number of piperidine rings is 2. The maximum Gasteiger partial charge on any atom is 0.347 e. The first-order chi connectivity index (χ1) is 9.39. The molecule has 0 saturated carbocycles. The van der Waals surface area contributed by atoms with Gasteiger partial charge >= 0.3 is 6.03 Å². The number of nitrogens with one attached hydrogen (secondary N) is 3. The number of carbonyl (C=O) groups excluding carboxylic acids is 1. The van der Waals surface area contributed by atoms with Gasteiger partial charge in [-0.05, 0) is 46.5 Å². The average Bonchev–Trinajstić information content (AvgIpc) is 2.37. The molecule has 2 saturated heterocycles. The van der Waals surface area contributed by atoms with Crippen LogP contribution in [0.4, 0.5) is 4.79 Å². The van der Waals surface area contributed by atoms with Gasteiger partial charge in [-0.3, -0.25) is 10.3 Å². The second-order valence-corrected chi connectivity index (χ2v) is 6.74. The fourth-order valence-electron chi connectivity index (χ4n) is 2.98. The van der Waals surface area contributed by atoms with Crippen LogP contribution < -0.4 is 22.2 Å². The second kappa shape index (κ2) is 6.26. The Labute approximate surface area is 120 Å². The van der Waals surface area contributed by atoms with E-state index in [1.54, 1.807) is 0 Å². The fraction of sp³-hybridized carbons (Fsp3) is 0.923. The molecular weight excluding hydrogens is 258 g/mol. The van der Waals surface area contributed by atoms with E-state index in [1.807, 2.05) is 20.8 Å². The molecule has 2 atom stereocenters. The number of carbonyl (C=O) groups is 1. The molecule has 2 fully saturated rings. The summed E-state index contributed by atoms with van der Waals surface area (Å²) in [6, 6.07) is 0.700. The molecule has 2 heterocycles. The molecule has 0 radical (unpaired) electrons. The molecule has 0 spiro atoms. The molecule has 7 nitrogen and oxygen atoms in total. The number of nitrogens with zero attached hydrogens (tertiary/aromatic N) is 1. The van der Waals surface area contributed by atoms with Crippen molar-refractivity contribution in [3.63, 3.8) is 0 Å². The molecule has 2 rings (SSSR count). The molecule has 0 aromatic rings. The second-order valence-electron chi connectivity index (χ2n) is 6.74. The summed E-state index contributed by atoms with van der Waals surface area (Å²) in [6.45, 7) is 5.78. The van der Waals surface area contributed by atoms with Crippen LogP contribution in [0, 0.1) is 0 Å². The lowest BCUT2D eigenvalue weighted by Crippen LogP contribution is -2.62. The Morgan fingerprint density at radius 3 is 2.40 bits per heavy atom. The van der Waals surface area contributed by atoms with Crippen LogP contribution in [0.1, 0.15) is 52.9 Å². The molecule has 0 aliphatic carbocycles. The van der Waals surface area contributed by atoms with Crippen molar-refractivity contribution < 1.29 is 9.63 Å². The van der Waals surface area contributed by atoms with E-state index in [9.17, 15) is 4.79 Å². The predicted molar refractivity (Wildman–Crippen MR) is 76.1 cm³/mol. The number of hydrogen-bond acceptors (Lipinski definition) is 5. The van der Waals surface area contributed by atoms with Crippen LogP contribution in [0.2, 0.25) is 0 Å². The van der Waals surface area contributed by atoms with E-state index < -0.39 is 0 Å². The molecule has 0 aromatic heterocycles. The van der Waals surface area contributed by atoms with Gasteiger partial charge in [0.2, 0.25) is 0 Å². The zero-order chi connectivity index (χ0) is 14.8. The maximum absolute atomic E-state index is 12.0. The molecule has 2 aliphatic rings. The molecule has 116 valence electrons. The van der Waals surface area contributed by atoms with E-state index in [4.69, 9.17) is 10.7 Å². The molecule has 2 amide bonds. The Morgan fingerprint density at radius 1 is 1.30 bits per heavy atom. The van der Waals surface area contributed by atoms with Crippen molar-refractivity contribution in [1.29, 1.82) is 0 Å². The zero-order valence-electron chi connectivity index (χ0n) is 12.6. The Balaban J connectivity index is 2.00. The molecule has 5 N–H and O–H groups in total. The summed E-state index contributed by atoms with van der Waals surface area (Å²) in [6.07, 6.45) is 5.45. The molecule has 2 bridgehead atoms. The SMILES string of the molecule is CC(C)(C)ONN(C(=O)NN)C1CC2CCCC(C1)N2. The van der Waals surface area contributed by atoms with Crippen LogP contribution in [-0.4, -0.2) is 34.8 Å². The van der Waals surface area contributed by atoms with E-state index in [-0.39, 0.29) is 17.7 Å². The molecule has 20 heavy (non-hydrogen) atoms. The summed E-state index contributed by atoms with van der Waals surface area (Å²) in [5, 5.41) is 5.11. The standard InChI is InChI=1S/C13H27N5O2/c1-13(2,3)20-17-18(12(19)16-14)11-7-9-5-4-6-10(8-11)15-9/h9-11,15,17H,4-8,14H2,1-3H3,(H,16,19). The van der Waals surface area contributed by atoms with Gasteiger partial charge in [-0.15, -0.1) is 5.59 Å². The van der Waals surface area contributed by atoms with E-state index >= 15 is 0 Å². The van der Waals surface area contributed by atoms with Gasteiger partial charge in [0.1, 0.15) is 0 Å². The smallest absolute Gasteiger partial charge is 0.311 e. The molecule has 0 aromatic carbocycles. The molecular formula is C13H27N5O2. The van der Waals surface area contributed by atoms with Crippen LogP contribution >= 0.6 is 0 Å². The van der Waals surface area contributed by atoms with Gasteiger partial charge < -0.3 is 5.32 Å². The largest absolute Gasteiger partial charge is 0.347 e. The number of amides is 2. The first-order valence-electron chi connectivity index (χ1n) is 7.38. The Hall–Kier alpha value is -0.890. The van der Waals surface area contributed by atoms with Gasteiger partial charge in [-0.25, -0.2) is 15.6 Å². The van der Waals surface area contributed by atoms with Crippen molar-refractivity contribution in [2.45, 2.75) is 76.6 Å². The van der Waals surface area contributed by atoms with Crippen molar-refractivity contribution in [2.75, 3.05) is 0 Å². The third-order valence-electron chi connectivity index (χ3n) is 3.85. The maximum atomic E-state index is 12.0. The Bertz CT molecular complexity index is 332. The van der Waals surface area contributed by atoms with Crippen molar-refractivity contribution in [3.8, 4) is 0 Å². The first kappa shape index (κ1) is 15.5. The van der Waals surface area contributed by atoms with Gasteiger partial charge in [-0.1, -0.05) is 6.42 Å². The van der Waals surface area contributed by atoms with Gasteiger partial charge in [-0.2, -0.15) is 0 Å². The normalized spacial score (nSPS) is 29.9. The van der Waals surface area contributed by atoms with E-state index in [0.29, 0.717) is 12.1 Å². The van der Waals surface area contributed by atoms with Crippen molar-refractivity contribution in [3.05, 3.63) is 0 Å². The van der Waals surface area contributed by atoms with Crippen LogP contribution in [0.5, 0.6) is 0 Å². The highest BCUT2D eigenvalue weighted by Gasteiger charge is 2.36. The van der Waals surface area contributed by atoms with Gasteiger partial charge in [0.15, 0.2) is 0 Å². The minimum atomic E-state index is -0.379. The topological polar surface area (TPSA) is 91.7 Å². The molecule has 2 aliphatic heterocycles. The van der Waals surface area contributed by atoms with Crippen LogP contribution in [-0.2, 0) is 4.84 Å². The first-order valence-corrected chi connectivity index (χ1v) is 7.38. The number of hydrazine groups is 2. The lowest BCUT2D eigenvalue weighted by molar-refractivity contribution is -0.154. The lowest BCUT2D eigenvalue weighted by atomic mass is 9.84. The lowest BCUT2D eigenvalue weighted by Gasteiger charge is -2.44. The van der Waals surface area contributed by atoms with Gasteiger partial charge in [0, 0.05) is 12.1 Å². The Kier molecular flexibility index (Phi) is 4.85. The summed E-state index contributed by atoms with van der Waals surface area (Å²) in [5.74, 6) is 5.28. The molecule has 2 unspecified atom stereocenters. The summed E-state index contributed by atoms with van der Waals surface area (Å²) in [4.78, 5) is 17.5. The third-order valence-corrected chi connectivity index (χ3v) is 3.85. The Morgan fingerprint density at radius 2 is 1.90 bits per heavy atom. The van der Waals surface area contributed by atoms with Crippen molar-refractivity contribution in [2.24, 2.45) is 5.84 Å². The highest BCUT2D eigenvalue weighted by Crippen LogP contribution is 2.28. The average molecular weight is 285 g/mol. The van der Waals surface area contributed by atoms with Crippen molar-refractivity contribution in [1.82, 2.24) is 21.3 Å². The van der Waals surface area contributed by atoms with E-state index in [0.717, 1.165) is 12.8 Å². The minimum Gasteiger partial charge on any atom is -0.311 e. The van der Waals surface area contributed by atoms with Crippen LogP contribution in [0.3, 0.4) is 0 Å². The number of urea groups is 1.